The molecule has 0 aromatic heterocycles. The van der Waals surface area contributed by atoms with E-state index in [0.717, 1.165) is 37.6 Å². The summed E-state index contributed by atoms with van der Waals surface area (Å²) in [6.07, 6.45) is 4.60. The predicted octanol–water partition coefficient (Wildman–Crippen LogP) is 6.39. The van der Waals surface area contributed by atoms with Gasteiger partial charge in [-0.1, -0.05) is 17.7 Å². The highest BCUT2D eigenvalue weighted by Gasteiger charge is 2.36. The number of methoxy groups -OCH3 is 1. The topological polar surface area (TPSA) is 24.9 Å². The van der Waals surface area contributed by atoms with Crippen molar-refractivity contribution >= 4 is 28.9 Å². The number of benzene rings is 2. The quantitative estimate of drug-likeness (QED) is 0.341. The summed E-state index contributed by atoms with van der Waals surface area (Å²) in [5.74, 6) is 2.37. The summed E-state index contributed by atoms with van der Waals surface area (Å²) in [4.78, 5) is 5.22. The fraction of sp³-hybridized carbons (Fsp3) is 0.538. The van der Waals surface area contributed by atoms with E-state index >= 15 is 0 Å². The molecule has 4 rings (SSSR count). The molecule has 0 spiro atoms. The van der Waals surface area contributed by atoms with Crippen LogP contribution in [0.15, 0.2) is 30.3 Å². The summed E-state index contributed by atoms with van der Waals surface area (Å²) < 4.78 is 11.4. The lowest BCUT2D eigenvalue weighted by atomic mass is 9.86. The first-order valence-electron chi connectivity index (χ1n) is 11.7. The fourth-order valence-electron chi connectivity index (χ4n) is 5.23. The van der Waals surface area contributed by atoms with Crippen molar-refractivity contribution in [2.75, 3.05) is 44.1 Å². The van der Waals surface area contributed by atoms with E-state index in [2.05, 4.69) is 47.9 Å². The second kappa shape index (κ2) is 10.5. The first-order valence-corrected chi connectivity index (χ1v) is 12.6. The number of hydrogen-bond donors (Lipinski definition) is 0. The van der Waals surface area contributed by atoms with Crippen molar-refractivity contribution in [3.05, 3.63) is 52.0 Å². The molecule has 2 saturated heterocycles. The number of nitrogens with zero attached hydrogens (tertiary/aromatic N) is 2. The zero-order valence-corrected chi connectivity index (χ0v) is 20.9. The van der Waals surface area contributed by atoms with Crippen LogP contribution in [0, 0.1) is 13.8 Å². The van der Waals surface area contributed by atoms with Crippen LogP contribution >= 0.6 is 23.2 Å². The number of piperazine rings is 1. The smallest absolute Gasteiger partial charge is 0.139 e. The van der Waals surface area contributed by atoms with Gasteiger partial charge in [-0.2, -0.15) is 0 Å². The Balaban J connectivity index is 1.50. The first-order chi connectivity index (χ1) is 15.5. The molecular formula is C26H34Cl2N2O2. The molecule has 0 N–H and O–H groups in total. The number of halogens is 2. The van der Waals surface area contributed by atoms with Crippen LogP contribution in [0.2, 0.25) is 5.02 Å². The van der Waals surface area contributed by atoms with Crippen LogP contribution in [0.1, 0.15) is 48.4 Å². The lowest BCUT2D eigenvalue weighted by molar-refractivity contribution is 0.0712. The second-order valence-corrected chi connectivity index (χ2v) is 9.68. The molecule has 2 aromatic carbocycles. The maximum absolute atomic E-state index is 6.24. The Kier molecular flexibility index (Phi) is 7.75. The van der Waals surface area contributed by atoms with E-state index < -0.39 is 0 Å². The Bertz CT molecular complexity index is 936. The van der Waals surface area contributed by atoms with Crippen molar-refractivity contribution in [3.8, 4) is 11.5 Å². The van der Waals surface area contributed by atoms with E-state index in [-0.39, 0.29) is 0 Å². The molecule has 2 aromatic rings. The summed E-state index contributed by atoms with van der Waals surface area (Å²) in [7, 11) is 1.67. The molecule has 2 aliphatic heterocycles. The van der Waals surface area contributed by atoms with Gasteiger partial charge >= 0.3 is 0 Å². The lowest BCUT2D eigenvalue weighted by Crippen LogP contribution is -2.56. The monoisotopic (exact) mass is 476 g/mol. The third-order valence-corrected chi connectivity index (χ3v) is 7.70. The number of ether oxygens (including phenoxy) is 2. The third kappa shape index (κ3) is 4.83. The SMILES string of the molecule is COc1cc(N2CCN3[C@@H](CCC[C@@H]3c3ccc(OCCCCl)c(C)c3C)C2)ccc1Cl. The van der Waals surface area contributed by atoms with Gasteiger partial charge < -0.3 is 14.4 Å². The molecule has 2 heterocycles. The number of piperidine rings is 1. The molecule has 0 aliphatic carbocycles. The zero-order chi connectivity index (χ0) is 22.7. The number of alkyl halides is 1. The summed E-state index contributed by atoms with van der Waals surface area (Å²) >= 11 is 12.0. The van der Waals surface area contributed by atoms with E-state index in [0.29, 0.717) is 29.6 Å². The van der Waals surface area contributed by atoms with Gasteiger partial charge in [-0.15, -0.1) is 11.6 Å². The standard InChI is InChI=1S/C26H34Cl2N2O2/c1-18-19(2)25(32-15-5-12-27)11-9-22(18)24-7-4-6-21-17-29(13-14-30(21)24)20-8-10-23(28)26(16-20)31-3/h8-11,16,21,24H,4-7,12-15,17H2,1-3H3/t21-,24+/m0/s1. The van der Waals surface area contributed by atoms with Gasteiger partial charge in [0.1, 0.15) is 11.5 Å². The van der Waals surface area contributed by atoms with Crippen LogP contribution in [0.4, 0.5) is 5.69 Å². The summed E-state index contributed by atoms with van der Waals surface area (Å²) in [6.45, 7) is 8.22. The van der Waals surface area contributed by atoms with Crippen LogP contribution in [0.25, 0.3) is 0 Å². The van der Waals surface area contributed by atoms with E-state index in [1.54, 1.807) is 7.11 Å². The summed E-state index contributed by atoms with van der Waals surface area (Å²) in [5, 5.41) is 0.661. The fourth-order valence-corrected chi connectivity index (χ4v) is 5.54. The predicted molar refractivity (Wildman–Crippen MR) is 134 cm³/mol. The van der Waals surface area contributed by atoms with Crippen molar-refractivity contribution in [3.63, 3.8) is 0 Å². The van der Waals surface area contributed by atoms with Gasteiger partial charge in [0, 0.05) is 49.4 Å². The van der Waals surface area contributed by atoms with E-state index in [1.807, 2.05) is 6.07 Å². The van der Waals surface area contributed by atoms with Crippen molar-refractivity contribution < 1.29 is 9.47 Å². The van der Waals surface area contributed by atoms with Gasteiger partial charge in [0.05, 0.1) is 18.7 Å². The minimum absolute atomic E-state index is 0.478. The van der Waals surface area contributed by atoms with E-state index in [1.165, 1.54) is 41.6 Å². The molecule has 0 amide bonds. The van der Waals surface area contributed by atoms with Crippen LogP contribution in [0.3, 0.4) is 0 Å². The number of fused-ring (bicyclic) bond motifs is 1. The maximum atomic E-state index is 6.24. The van der Waals surface area contributed by atoms with Gasteiger partial charge in [0.15, 0.2) is 0 Å². The average molecular weight is 477 g/mol. The summed E-state index contributed by atoms with van der Waals surface area (Å²) in [5.41, 5.74) is 5.27. The Morgan fingerprint density at radius 2 is 1.88 bits per heavy atom. The number of hydrogen-bond acceptors (Lipinski definition) is 4. The molecule has 0 unspecified atom stereocenters. The molecule has 0 radical (unpaired) electrons. The van der Waals surface area contributed by atoms with Gasteiger partial charge in [0.25, 0.3) is 0 Å². The van der Waals surface area contributed by atoms with Crippen molar-refractivity contribution in [1.82, 2.24) is 4.90 Å². The van der Waals surface area contributed by atoms with Crippen molar-refractivity contribution in [2.45, 2.75) is 51.6 Å². The van der Waals surface area contributed by atoms with E-state index in [9.17, 15) is 0 Å². The molecular weight excluding hydrogens is 443 g/mol. The molecule has 0 bridgehead atoms. The normalized spacial score (nSPS) is 21.3. The highest BCUT2D eigenvalue weighted by molar-refractivity contribution is 6.32. The molecule has 2 atom stereocenters. The van der Waals surface area contributed by atoms with Crippen LogP contribution < -0.4 is 14.4 Å². The first kappa shape index (κ1) is 23.5. The highest BCUT2D eigenvalue weighted by atomic mass is 35.5. The second-order valence-electron chi connectivity index (χ2n) is 8.90. The summed E-state index contributed by atoms with van der Waals surface area (Å²) in [6, 6.07) is 11.6. The van der Waals surface area contributed by atoms with Crippen LogP contribution in [-0.4, -0.2) is 50.2 Å². The molecule has 174 valence electrons. The Morgan fingerprint density at radius 3 is 2.66 bits per heavy atom. The minimum atomic E-state index is 0.478. The molecule has 4 nitrogen and oxygen atoms in total. The van der Waals surface area contributed by atoms with Gasteiger partial charge in [-0.3, -0.25) is 4.90 Å². The molecule has 2 fully saturated rings. The Hall–Kier alpha value is -1.62. The third-order valence-electron chi connectivity index (χ3n) is 7.12. The van der Waals surface area contributed by atoms with Crippen molar-refractivity contribution in [1.29, 1.82) is 0 Å². The molecule has 6 heteroatoms. The van der Waals surface area contributed by atoms with Gasteiger partial charge in [-0.05, 0) is 74.4 Å². The maximum Gasteiger partial charge on any atom is 0.139 e. The van der Waals surface area contributed by atoms with Crippen LogP contribution in [0.5, 0.6) is 11.5 Å². The zero-order valence-electron chi connectivity index (χ0n) is 19.4. The molecule has 0 saturated carbocycles. The van der Waals surface area contributed by atoms with Crippen LogP contribution in [-0.2, 0) is 0 Å². The number of anilines is 1. The lowest BCUT2D eigenvalue weighted by Gasteiger charge is -2.49. The van der Waals surface area contributed by atoms with E-state index in [4.69, 9.17) is 32.7 Å². The molecule has 2 aliphatic rings. The van der Waals surface area contributed by atoms with Gasteiger partial charge in [0.2, 0.25) is 0 Å². The Morgan fingerprint density at radius 1 is 1.03 bits per heavy atom. The largest absolute Gasteiger partial charge is 0.495 e. The highest BCUT2D eigenvalue weighted by Crippen LogP contribution is 2.40. The van der Waals surface area contributed by atoms with Gasteiger partial charge in [-0.25, -0.2) is 0 Å². The minimum Gasteiger partial charge on any atom is -0.495 e. The van der Waals surface area contributed by atoms with Crippen molar-refractivity contribution in [2.24, 2.45) is 0 Å². The number of rotatable bonds is 7. The molecule has 32 heavy (non-hydrogen) atoms. The average Bonchev–Trinajstić information content (AvgIpc) is 2.82. The Labute approximate surface area is 202 Å².